The summed E-state index contributed by atoms with van der Waals surface area (Å²) >= 11 is 17.9. The van der Waals surface area contributed by atoms with Gasteiger partial charge in [0.1, 0.15) is 11.5 Å². The molecule has 0 aliphatic rings. The van der Waals surface area contributed by atoms with Crippen LogP contribution < -0.4 is 5.32 Å². The third-order valence-electron chi connectivity index (χ3n) is 3.67. The smallest absolute Gasteiger partial charge is 0.248 e. The predicted molar refractivity (Wildman–Crippen MR) is 108 cm³/mol. The van der Waals surface area contributed by atoms with Crippen LogP contribution in [0.1, 0.15) is 11.3 Å². The monoisotopic (exact) mass is 405 g/mol. The van der Waals surface area contributed by atoms with Crippen LogP contribution in [0.4, 0.5) is 5.69 Å². The molecule has 26 heavy (non-hydrogen) atoms. The summed E-state index contributed by atoms with van der Waals surface area (Å²) in [5, 5.41) is 4.19. The average Bonchev–Trinajstić information content (AvgIpc) is 3.08. The Bertz CT molecular complexity index is 992. The number of halogens is 3. The number of carbonyl (C=O) groups excluding carboxylic acids is 1. The van der Waals surface area contributed by atoms with Gasteiger partial charge in [-0.3, -0.25) is 4.79 Å². The Hall–Kier alpha value is -2.20. The van der Waals surface area contributed by atoms with Crippen molar-refractivity contribution in [2.45, 2.75) is 6.92 Å². The van der Waals surface area contributed by atoms with E-state index in [-0.39, 0.29) is 5.91 Å². The van der Waals surface area contributed by atoms with Crippen LogP contribution in [0.25, 0.3) is 17.4 Å². The number of benzene rings is 2. The fourth-order valence-corrected chi connectivity index (χ4v) is 2.74. The molecule has 6 heteroatoms. The molecule has 132 valence electrons. The molecule has 0 aliphatic carbocycles. The molecule has 1 aromatic heterocycles. The quantitative estimate of drug-likeness (QED) is 0.480. The molecule has 3 aromatic rings. The molecular weight excluding hydrogens is 393 g/mol. The average molecular weight is 407 g/mol. The third kappa shape index (κ3) is 4.50. The minimum atomic E-state index is -0.306. The summed E-state index contributed by atoms with van der Waals surface area (Å²) in [5.41, 5.74) is 2.44. The summed E-state index contributed by atoms with van der Waals surface area (Å²) in [7, 11) is 0. The number of hydrogen-bond donors (Lipinski definition) is 1. The maximum absolute atomic E-state index is 12.0. The first-order chi connectivity index (χ1) is 12.4. The van der Waals surface area contributed by atoms with E-state index in [0.29, 0.717) is 32.3 Å². The molecule has 0 atom stereocenters. The summed E-state index contributed by atoms with van der Waals surface area (Å²) in [6, 6.07) is 14.2. The standard InChI is InChI=1S/C20H14Cl3NO2/c1-12-2-3-13(10-17(12)22)19-8-5-15(26-19)6-9-20(25)24-14-4-7-16(21)18(23)11-14/h2-11H,1H3,(H,24,25)/b9-6+. The van der Waals surface area contributed by atoms with Crippen molar-refractivity contribution in [3.05, 3.63) is 81.0 Å². The molecule has 0 aliphatic heterocycles. The molecule has 3 nitrogen and oxygen atoms in total. The topological polar surface area (TPSA) is 42.2 Å². The highest BCUT2D eigenvalue weighted by Gasteiger charge is 2.06. The molecule has 0 saturated carbocycles. The van der Waals surface area contributed by atoms with Gasteiger partial charge in [-0.1, -0.05) is 46.9 Å². The van der Waals surface area contributed by atoms with Gasteiger partial charge in [-0.15, -0.1) is 0 Å². The summed E-state index contributed by atoms with van der Waals surface area (Å²) < 4.78 is 5.74. The van der Waals surface area contributed by atoms with Crippen LogP contribution in [0.5, 0.6) is 0 Å². The Morgan fingerprint density at radius 3 is 2.50 bits per heavy atom. The lowest BCUT2D eigenvalue weighted by Crippen LogP contribution is -2.07. The second kappa shape index (κ2) is 8.00. The Morgan fingerprint density at radius 1 is 0.962 bits per heavy atom. The summed E-state index contributed by atoms with van der Waals surface area (Å²) in [5.74, 6) is 0.928. The highest BCUT2D eigenvalue weighted by Crippen LogP contribution is 2.27. The molecule has 0 radical (unpaired) electrons. The first-order valence-electron chi connectivity index (χ1n) is 7.73. The van der Waals surface area contributed by atoms with Crippen LogP contribution in [-0.2, 0) is 4.79 Å². The molecule has 2 aromatic carbocycles. The van der Waals surface area contributed by atoms with Crippen molar-refractivity contribution >= 4 is 52.5 Å². The molecule has 0 unspecified atom stereocenters. The predicted octanol–water partition coefficient (Wildman–Crippen LogP) is 6.87. The highest BCUT2D eigenvalue weighted by atomic mass is 35.5. The zero-order valence-electron chi connectivity index (χ0n) is 13.7. The van der Waals surface area contributed by atoms with Gasteiger partial charge in [-0.05, 0) is 55.0 Å². The lowest BCUT2D eigenvalue weighted by atomic mass is 10.1. The number of carbonyl (C=O) groups is 1. The summed E-state index contributed by atoms with van der Waals surface area (Å²) in [6.07, 6.45) is 2.97. The Labute approximate surface area is 166 Å². The molecular formula is C20H14Cl3NO2. The number of aryl methyl sites for hydroxylation is 1. The number of anilines is 1. The second-order valence-corrected chi connectivity index (χ2v) is 6.84. The molecule has 0 spiro atoms. The molecule has 1 amide bonds. The van der Waals surface area contributed by atoms with E-state index >= 15 is 0 Å². The van der Waals surface area contributed by atoms with Crippen LogP contribution >= 0.6 is 34.8 Å². The van der Waals surface area contributed by atoms with E-state index < -0.39 is 0 Å². The van der Waals surface area contributed by atoms with Gasteiger partial charge in [0, 0.05) is 22.3 Å². The molecule has 3 rings (SSSR count). The molecule has 0 fully saturated rings. The summed E-state index contributed by atoms with van der Waals surface area (Å²) in [6.45, 7) is 1.94. The number of furan rings is 1. The van der Waals surface area contributed by atoms with E-state index in [2.05, 4.69) is 5.32 Å². The van der Waals surface area contributed by atoms with Crippen LogP contribution in [0.15, 0.2) is 59.0 Å². The van der Waals surface area contributed by atoms with Crippen molar-refractivity contribution in [3.8, 4) is 11.3 Å². The van der Waals surface area contributed by atoms with Gasteiger partial charge in [-0.25, -0.2) is 0 Å². The third-order valence-corrected chi connectivity index (χ3v) is 4.82. The van der Waals surface area contributed by atoms with Gasteiger partial charge in [0.15, 0.2) is 0 Å². The normalized spacial score (nSPS) is 11.1. The molecule has 1 heterocycles. The maximum Gasteiger partial charge on any atom is 0.248 e. The van der Waals surface area contributed by atoms with Crippen LogP contribution in [0, 0.1) is 6.92 Å². The largest absolute Gasteiger partial charge is 0.457 e. The van der Waals surface area contributed by atoms with E-state index in [4.69, 9.17) is 39.2 Å². The maximum atomic E-state index is 12.0. The number of amides is 1. The first kappa shape index (κ1) is 18.6. The van der Waals surface area contributed by atoms with Gasteiger partial charge in [0.25, 0.3) is 0 Å². The van der Waals surface area contributed by atoms with E-state index in [1.807, 2.05) is 31.2 Å². The zero-order valence-corrected chi connectivity index (χ0v) is 16.0. The molecule has 1 N–H and O–H groups in total. The van der Waals surface area contributed by atoms with E-state index in [0.717, 1.165) is 11.1 Å². The van der Waals surface area contributed by atoms with Gasteiger partial charge < -0.3 is 9.73 Å². The number of hydrogen-bond acceptors (Lipinski definition) is 2. The van der Waals surface area contributed by atoms with Gasteiger partial charge in [-0.2, -0.15) is 0 Å². The molecule has 0 bridgehead atoms. The Morgan fingerprint density at radius 2 is 1.77 bits per heavy atom. The Kier molecular flexibility index (Phi) is 5.72. The lowest BCUT2D eigenvalue weighted by molar-refractivity contribution is -0.111. The lowest BCUT2D eigenvalue weighted by Gasteiger charge is -2.03. The van der Waals surface area contributed by atoms with Crippen molar-refractivity contribution < 1.29 is 9.21 Å². The van der Waals surface area contributed by atoms with E-state index in [1.54, 1.807) is 30.3 Å². The minimum Gasteiger partial charge on any atom is -0.457 e. The van der Waals surface area contributed by atoms with Crippen LogP contribution in [-0.4, -0.2) is 5.91 Å². The number of nitrogens with one attached hydrogen (secondary N) is 1. The van der Waals surface area contributed by atoms with Gasteiger partial charge in [0.05, 0.1) is 10.0 Å². The van der Waals surface area contributed by atoms with E-state index in [1.165, 1.54) is 6.08 Å². The van der Waals surface area contributed by atoms with Gasteiger partial charge >= 0.3 is 0 Å². The van der Waals surface area contributed by atoms with Crippen LogP contribution in [0.2, 0.25) is 15.1 Å². The number of rotatable bonds is 4. The zero-order chi connectivity index (χ0) is 18.7. The summed E-state index contributed by atoms with van der Waals surface area (Å²) in [4.78, 5) is 12.0. The second-order valence-electron chi connectivity index (χ2n) is 5.62. The minimum absolute atomic E-state index is 0.306. The van der Waals surface area contributed by atoms with Crippen LogP contribution in [0.3, 0.4) is 0 Å². The van der Waals surface area contributed by atoms with Crippen molar-refractivity contribution in [2.75, 3.05) is 5.32 Å². The SMILES string of the molecule is Cc1ccc(-c2ccc(/C=C/C(=O)Nc3ccc(Cl)c(Cl)c3)o2)cc1Cl. The first-order valence-corrected chi connectivity index (χ1v) is 8.86. The van der Waals surface area contributed by atoms with Crippen molar-refractivity contribution in [1.82, 2.24) is 0 Å². The van der Waals surface area contributed by atoms with E-state index in [9.17, 15) is 4.79 Å². The fourth-order valence-electron chi connectivity index (χ4n) is 2.26. The fraction of sp³-hybridized carbons (Fsp3) is 0.0500. The molecule has 0 saturated heterocycles. The Balaban J connectivity index is 1.68. The van der Waals surface area contributed by atoms with Crippen molar-refractivity contribution in [3.63, 3.8) is 0 Å². The highest BCUT2D eigenvalue weighted by molar-refractivity contribution is 6.42. The van der Waals surface area contributed by atoms with Crippen molar-refractivity contribution in [2.24, 2.45) is 0 Å². The van der Waals surface area contributed by atoms with Gasteiger partial charge in [0.2, 0.25) is 5.91 Å². The van der Waals surface area contributed by atoms with Crippen molar-refractivity contribution in [1.29, 1.82) is 0 Å².